The minimum Gasteiger partial charge on any atom is -0.508 e. The molecule has 1 heterocycles. The van der Waals surface area contributed by atoms with E-state index in [9.17, 15) is 14.7 Å². The van der Waals surface area contributed by atoms with Crippen molar-refractivity contribution in [3.63, 3.8) is 0 Å². The number of aryl methyl sites for hydroxylation is 1. The number of nitrogens with zero attached hydrogens (tertiary/aromatic N) is 1. The van der Waals surface area contributed by atoms with E-state index in [1.54, 1.807) is 18.2 Å². The topological polar surface area (TPSA) is 69.6 Å². The number of aromatic hydroxyl groups is 1. The van der Waals surface area contributed by atoms with Gasteiger partial charge in [-0.25, -0.2) is 0 Å². The van der Waals surface area contributed by atoms with E-state index < -0.39 is 0 Å². The summed E-state index contributed by atoms with van der Waals surface area (Å²) in [7, 11) is 0. The molecule has 0 saturated heterocycles. The highest BCUT2D eigenvalue weighted by molar-refractivity contribution is 8.04. The summed E-state index contributed by atoms with van der Waals surface area (Å²) in [5.74, 6) is -0.648. The van der Waals surface area contributed by atoms with Crippen LogP contribution in [0.2, 0.25) is 0 Å². The smallest absolute Gasteiger partial charge is 0.278 e. The number of amides is 2. The monoisotopic (exact) mass is 416 g/mol. The van der Waals surface area contributed by atoms with Gasteiger partial charge in [-0.15, -0.1) is 0 Å². The van der Waals surface area contributed by atoms with Gasteiger partial charge in [-0.1, -0.05) is 65.9 Å². The molecule has 2 amide bonds. The summed E-state index contributed by atoms with van der Waals surface area (Å²) < 4.78 is 0. The number of nitrogens with one attached hydrogen (secondary N) is 1. The number of hydrogen-bond donors (Lipinski definition) is 2. The summed E-state index contributed by atoms with van der Waals surface area (Å²) in [6.45, 7) is 2.19. The van der Waals surface area contributed by atoms with E-state index in [4.69, 9.17) is 0 Å². The van der Waals surface area contributed by atoms with Crippen molar-refractivity contribution in [3.05, 3.63) is 101 Å². The Kier molecular flexibility index (Phi) is 5.59. The first-order valence-electron chi connectivity index (χ1n) is 9.46. The number of phenols is 1. The number of imide groups is 1. The highest BCUT2D eigenvalue weighted by Gasteiger charge is 2.39. The van der Waals surface area contributed by atoms with Crippen molar-refractivity contribution in [2.45, 2.75) is 18.4 Å². The fourth-order valence-electron chi connectivity index (χ4n) is 3.12. The molecule has 4 rings (SSSR count). The van der Waals surface area contributed by atoms with E-state index in [-0.39, 0.29) is 29.8 Å². The van der Waals surface area contributed by atoms with Gasteiger partial charge >= 0.3 is 0 Å². The maximum Gasteiger partial charge on any atom is 0.278 e. The van der Waals surface area contributed by atoms with Crippen molar-refractivity contribution >= 4 is 29.3 Å². The molecule has 3 aromatic rings. The molecule has 6 heteroatoms. The van der Waals surface area contributed by atoms with Crippen LogP contribution >= 0.6 is 11.8 Å². The number of benzene rings is 3. The first-order valence-corrected chi connectivity index (χ1v) is 10.3. The fourth-order valence-corrected chi connectivity index (χ4v) is 4.07. The van der Waals surface area contributed by atoms with Crippen LogP contribution in [-0.2, 0) is 16.1 Å². The second-order valence-corrected chi connectivity index (χ2v) is 8.06. The van der Waals surface area contributed by atoms with E-state index in [2.05, 4.69) is 5.32 Å². The van der Waals surface area contributed by atoms with Crippen LogP contribution in [0.15, 0.2) is 94.4 Å². The quantitative estimate of drug-likeness (QED) is 0.571. The summed E-state index contributed by atoms with van der Waals surface area (Å²) in [6, 6.07) is 23.7. The Hall–Kier alpha value is -3.51. The molecule has 0 saturated carbocycles. The molecule has 1 aliphatic heterocycles. The SMILES string of the molecule is Cc1ccc(SC2=C(Nc3cccc(O)c3)C(=O)N(Cc3ccccc3)C2=O)cc1. The Balaban J connectivity index is 1.68. The van der Waals surface area contributed by atoms with Gasteiger partial charge in [0.05, 0.1) is 6.54 Å². The van der Waals surface area contributed by atoms with Gasteiger partial charge in [-0.05, 0) is 36.8 Å². The molecule has 30 heavy (non-hydrogen) atoms. The fraction of sp³-hybridized carbons (Fsp3) is 0.0833. The van der Waals surface area contributed by atoms with Gasteiger partial charge in [-0.3, -0.25) is 14.5 Å². The standard InChI is InChI=1S/C24H20N2O3S/c1-16-10-12-20(13-11-16)30-22-21(25-18-8-5-9-19(27)14-18)23(28)26(24(22)29)15-17-6-3-2-4-7-17/h2-14,25,27H,15H2,1H3. The molecule has 0 aromatic heterocycles. The summed E-state index contributed by atoms with van der Waals surface area (Å²) in [6.07, 6.45) is 0. The maximum atomic E-state index is 13.2. The zero-order valence-corrected chi connectivity index (χ0v) is 17.1. The van der Waals surface area contributed by atoms with Gasteiger partial charge in [-0.2, -0.15) is 0 Å². The first-order chi connectivity index (χ1) is 14.5. The zero-order valence-electron chi connectivity index (χ0n) is 16.3. The molecule has 0 unspecified atom stereocenters. The van der Waals surface area contributed by atoms with Crippen LogP contribution in [0.1, 0.15) is 11.1 Å². The predicted molar refractivity (Wildman–Crippen MR) is 118 cm³/mol. The third-order valence-corrected chi connectivity index (χ3v) is 5.76. The van der Waals surface area contributed by atoms with Crippen LogP contribution in [0.25, 0.3) is 0 Å². The average Bonchev–Trinajstić information content (AvgIpc) is 2.95. The third-order valence-electron chi connectivity index (χ3n) is 4.67. The second kappa shape index (κ2) is 8.47. The van der Waals surface area contributed by atoms with Crippen molar-refractivity contribution in [1.82, 2.24) is 4.90 Å². The van der Waals surface area contributed by atoms with Crippen LogP contribution < -0.4 is 5.32 Å². The molecular weight excluding hydrogens is 396 g/mol. The van der Waals surface area contributed by atoms with Crippen LogP contribution in [0, 0.1) is 6.92 Å². The van der Waals surface area contributed by atoms with Crippen LogP contribution in [0.3, 0.4) is 0 Å². The first kappa shape index (κ1) is 19.8. The van der Waals surface area contributed by atoms with E-state index in [1.807, 2.05) is 61.5 Å². The number of phenolic OH excluding ortho intramolecular Hbond substituents is 1. The number of thioether (sulfide) groups is 1. The summed E-state index contributed by atoms with van der Waals surface area (Å²) in [5, 5.41) is 12.8. The largest absolute Gasteiger partial charge is 0.508 e. The zero-order chi connectivity index (χ0) is 21.1. The van der Waals surface area contributed by atoms with Crippen molar-refractivity contribution in [3.8, 4) is 5.75 Å². The van der Waals surface area contributed by atoms with E-state index in [0.29, 0.717) is 10.6 Å². The normalized spacial score (nSPS) is 13.8. The Morgan fingerprint density at radius 1 is 0.900 bits per heavy atom. The number of carbonyl (C=O) groups excluding carboxylic acids is 2. The number of hydrogen-bond acceptors (Lipinski definition) is 5. The molecule has 0 radical (unpaired) electrons. The van der Waals surface area contributed by atoms with E-state index >= 15 is 0 Å². The predicted octanol–water partition coefficient (Wildman–Crippen LogP) is 4.69. The van der Waals surface area contributed by atoms with E-state index in [0.717, 1.165) is 16.0 Å². The Labute approximate surface area is 179 Å². The molecule has 0 bridgehead atoms. The lowest BCUT2D eigenvalue weighted by molar-refractivity contribution is -0.137. The molecule has 0 atom stereocenters. The van der Waals surface area contributed by atoms with Gasteiger partial charge in [0.15, 0.2) is 0 Å². The molecule has 150 valence electrons. The Morgan fingerprint density at radius 2 is 1.63 bits per heavy atom. The van der Waals surface area contributed by atoms with Crippen molar-refractivity contribution in [1.29, 1.82) is 0 Å². The highest BCUT2D eigenvalue weighted by atomic mass is 32.2. The van der Waals surface area contributed by atoms with Crippen molar-refractivity contribution < 1.29 is 14.7 Å². The van der Waals surface area contributed by atoms with Crippen LogP contribution in [0.4, 0.5) is 5.69 Å². The van der Waals surface area contributed by atoms with Crippen LogP contribution in [-0.4, -0.2) is 21.8 Å². The lowest BCUT2D eigenvalue weighted by Gasteiger charge is -2.15. The third kappa shape index (κ3) is 4.23. The van der Waals surface area contributed by atoms with Crippen molar-refractivity contribution in [2.24, 2.45) is 0 Å². The summed E-state index contributed by atoms with van der Waals surface area (Å²) in [4.78, 5) is 28.8. The molecule has 1 aliphatic rings. The lowest BCUT2D eigenvalue weighted by Crippen LogP contribution is -2.31. The van der Waals surface area contributed by atoms with Gasteiger partial charge < -0.3 is 10.4 Å². The van der Waals surface area contributed by atoms with Gasteiger partial charge in [0, 0.05) is 16.6 Å². The molecule has 2 N–H and O–H groups in total. The van der Waals surface area contributed by atoms with Gasteiger partial charge in [0.25, 0.3) is 11.8 Å². The highest BCUT2D eigenvalue weighted by Crippen LogP contribution is 2.36. The number of anilines is 1. The van der Waals surface area contributed by atoms with E-state index in [1.165, 1.54) is 22.7 Å². The van der Waals surface area contributed by atoms with Gasteiger partial charge in [0.2, 0.25) is 0 Å². The Morgan fingerprint density at radius 3 is 2.33 bits per heavy atom. The number of carbonyl (C=O) groups is 2. The van der Waals surface area contributed by atoms with Gasteiger partial charge in [0.1, 0.15) is 16.4 Å². The molecule has 3 aromatic carbocycles. The lowest BCUT2D eigenvalue weighted by atomic mass is 10.2. The average molecular weight is 417 g/mol. The minimum atomic E-state index is -0.387. The molecule has 5 nitrogen and oxygen atoms in total. The van der Waals surface area contributed by atoms with Crippen molar-refractivity contribution in [2.75, 3.05) is 5.32 Å². The minimum absolute atomic E-state index is 0.0752. The number of rotatable bonds is 6. The summed E-state index contributed by atoms with van der Waals surface area (Å²) >= 11 is 1.26. The molecule has 0 spiro atoms. The molecule has 0 aliphatic carbocycles. The van der Waals surface area contributed by atoms with Crippen LogP contribution in [0.5, 0.6) is 5.75 Å². The Bertz CT molecular complexity index is 1120. The molecule has 0 fully saturated rings. The second-order valence-electron chi connectivity index (χ2n) is 6.98. The maximum absolute atomic E-state index is 13.2. The summed E-state index contributed by atoms with van der Waals surface area (Å²) in [5.41, 5.74) is 2.74. The molecular formula is C24H20N2O3S.